The van der Waals surface area contributed by atoms with Gasteiger partial charge >= 0.3 is 6.09 Å². The average Bonchev–Trinajstić information content (AvgIpc) is 3.01. The van der Waals surface area contributed by atoms with E-state index in [4.69, 9.17) is 10.1 Å². The van der Waals surface area contributed by atoms with Crippen LogP contribution < -0.4 is 26.6 Å². The van der Waals surface area contributed by atoms with Gasteiger partial charge in [-0.15, -0.1) is 0 Å². The zero-order valence-corrected chi connectivity index (χ0v) is 34.2. The van der Waals surface area contributed by atoms with Crippen LogP contribution in [-0.4, -0.2) is 83.3 Å². The molecule has 0 heterocycles. The zero-order chi connectivity index (χ0) is 39.5. The molecule has 0 aliphatic carbocycles. The van der Waals surface area contributed by atoms with E-state index < -0.39 is 47.7 Å². The maximum absolute atomic E-state index is 13.9. The van der Waals surface area contributed by atoms with Crippen LogP contribution in [0.4, 0.5) is 4.79 Å². The predicted octanol–water partition coefficient (Wildman–Crippen LogP) is 5.52. The third-order valence-electron chi connectivity index (χ3n) is 8.08. The van der Waals surface area contributed by atoms with Gasteiger partial charge in [0.1, 0.15) is 17.4 Å². The summed E-state index contributed by atoms with van der Waals surface area (Å²) in [6, 6.07) is -2.18. The van der Waals surface area contributed by atoms with E-state index in [-0.39, 0.29) is 49.0 Å². The van der Waals surface area contributed by atoms with Crippen LogP contribution in [0.1, 0.15) is 109 Å². The van der Waals surface area contributed by atoms with Gasteiger partial charge in [-0.25, -0.2) is 4.79 Å². The minimum Gasteiger partial charge on any atom is -0.444 e. The number of hydrogen-bond donors (Lipinski definition) is 7. The zero-order valence-electron chi connectivity index (χ0n) is 33.4. The molecule has 0 radical (unpaired) electrons. The highest BCUT2D eigenvalue weighted by Crippen LogP contribution is 2.22. The lowest BCUT2D eigenvalue weighted by molar-refractivity contribution is -0.125. The second kappa shape index (κ2) is 24.4. The van der Waals surface area contributed by atoms with Gasteiger partial charge in [0.05, 0.1) is 36.3 Å². The second-order valence-electron chi connectivity index (χ2n) is 15.6. The monoisotopic (exact) mass is 739 g/mol. The third-order valence-corrected chi connectivity index (χ3v) is 8.94. The quantitative estimate of drug-likeness (QED) is 0.0496. The number of carbonyl (C=O) groups is 4. The first kappa shape index (κ1) is 48.1. The molecule has 0 fully saturated rings. The molecule has 0 spiro atoms. The Morgan fingerprint density at radius 2 is 1.55 bits per heavy atom. The molecule has 51 heavy (non-hydrogen) atoms. The van der Waals surface area contributed by atoms with Crippen molar-refractivity contribution in [1.29, 1.82) is 5.41 Å². The van der Waals surface area contributed by atoms with Crippen LogP contribution in [0.3, 0.4) is 0 Å². The molecule has 3 amide bonds. The van der Waals surface area contributed by atoms with Crippen LogP contribution in [0.15, 0.2) is 23.8 Å². The molecule has 0 aromatic carbocycles. The van der Waals surface area contributed by atoms with Crippen LogP contribution in [0.2, 0.25) is 0 Å². The highest BCUT2D eigenvalue weighted by atomic mass is 32.2. The van der Waals surface area contributed by atoms with Crippen molar-refractivity contribution in [3.8, 4) is 0 Å². The molecule has 0 aromatic rings. The van der Waals surface area contributed by atoms with E-state index in [1.54, 1.807) is 27.7 Å². The number of amides is 3. The summed E-state index contributed by atoms with van der Waals surface area (Å²) >= 11 is 1.32. The Kier molecular flexibility index (Phi) is 23.0. The summed E-state index contributed by atoms with van der Waals surface area (Å²) in [6.07, 6.45) is 1.80. The van der Waals surface area contributed by atoms with Crippen molar-refractivity contribution < 1.29 is 29.0 Å². The third kappa shape index (κ3) is 21.3. The molecule has 6 atom stereocenters. The van der Waals surface area contributed by atoms with E-state index >= 15 is 0 Å². The number of Topliss-reactive ketones (excluding diaryl/α,β-unsaturated/α-hetero) is 1. The van der Waals surface area contributed by atoms with Crippen LogP contribution in [0, 0.1) is 35.0 Å². The number of rotatable bonds is 24. The van der Waals surface area contributed by atoms with Crippen molar-refractivity contribution in [2.24, 2.45) is 29.6 Å². The number of carbonyl (C=O) groups excluding carboxylic acids is 4. The fourth-order valence-corrected chi connectivity index (χ4v) is 5.78. The number of ether oxygens (including phenoxy) is 1. The molecular formula is C38H70N6O6S. The van der Waals surface area contributed by atoms with Gasteiger partial charge in [0.15, 0.2) is 0 Å². The Bertz CT molecular complexity index is 1150. The van der Waals surface area contributed by atoms with Crippen LogP contribution in [-0.2, 0) is 19.1 Å². The summed E-state index contributed by atoms with van der Waals surface area (Å²) in [7, 11) is 0. The van der Waals surface area contributed by atoms with E-state index in [9.17, 15) is 24.3 Å². The van der Waals surface area contributed by atoms with Crippen molar-refractivity contribution in [2.45, 2.75) is 139 Å². The smallest absolute Gasteiger partial charge is 0.407 e. The molecule has 7 N–H and O–H groups in total. The largest absolute Gasteiger partial charge is 0.444 e. The molecule has 4 unspecified atom stereocenters. The summed E-state index contributed by atoms with van der Waals surface area (Å²) < 4.78 is 5.38. The van der Waals surface area contributed by atoms with Gasteiger partial charge in [0, 0.05) is 30.5 Å². The Hall–Kier alpha value is -2.90. The molecule has 0 saturated carbocycles. The molecule has 0 saturated heterocycles. The Morgan fingerprint density at radius 1 is 0.922 bits per heavy atom. The maximum Gasteiger partial charge on any atom is 0.407 e. The standard InChI is InChI=1S/C38H70N6O6S/c1-14-16-51-33(39)19-28(15-2)27(10)43-30(21-42-37(49)50-38(11,12)13)35(47)44-29(17-23(3)4)31(45)18-26(9)32(46)22-40-34(25(7)8)36(48)41-20-24(5)6/h14,16,23-26,28-31,34,39-40,43,45H,10,15,17-22H2,1-9,11-13H3,(H,41,48)(H,42,49)(H,44,47)/b16-14+,39-33?/t26?,28?,29-,30?,31?,34-/m0/s1. The molecule has 0 aromatic heterocycles. The molecule has 0 bridgehead atoms. The highest BCUT2D eigenvalue weighted by molar-refractivity contribution is 8.16. The van der Waals surface area contributed by atoms with Gasteiger partial charge in [0.2, 0.25) is 11.8 Å². The van der Waals surface area contributed by atoms with E-state index in [0.717, 1.165) is 0 Å². The SMILES string of the molecule is C=C(NC(CNC(=O)OC(C)(C)C)C(=O)N[C@@H](CC(C)C)C(O)CC(C)C(=O)CN[C@H](C(=O)NCC(C)C)C(C)C)C(CC)CC(=N)S/C=C/C. The lowest BCUT2D eigenvalue weighted by Crippen LogP contribution is -2.56. The Labute approximate surface area is 312 Å². The number of thioether (sulfide) groups is 1. The summed E-state index contributed by atoms with van der Waals surface area (Å²) in [5.74, 6) is -1.06. The predicted molar refractivity (Wildman–Crippen MR) is 209 cm³/mol. The van der Waals surface area contributed by atoms with Gasteiger partial charge in [-0.2, -0.15) is 0 Å². The van der Waals surface area contributed by atoms with Gasteiger partial charge < -0.3 is 31.1 Å². The molecule has 0 aliphatic rings. The molecule has 12 nitrogen and oxygen atoms in total. The van der Waals surface area contributed by atoms with Crippen LogP contribution in [0.25, 0.3) is 0 Å². The number of aliphatic hydroxyl groups is 1. The first-order valence-corrected chi connectivity index (χ1v) is 19.3. The summed E-state index contributed by atoms with van der Waals surface area (Å²) in [4.78, 5) is 52.3. The maximum atomic E-state index is 13.9. The first-order valence-electron chi connectivity index (χ1n) is 18.4. The fourth-order valence-electron chi connectivity index (χ4n) is 5.18. The number of hydrogen-bond acceptors (Lipinski definition) is 10. The van der Waals surface area contributed by atoms with Crippen LogP contribution in [0.5, 0.6) is 0 Å². The molecular weight excluding hydrogens is 669 g/mol. The fraction of sp³-hybridized carbons (Fsp3) is 0.763. The first-order chi connectivity index (χ1) is 23.6. The molecule has 13 heteroatoms. The van der Waals surface area contributed by atoms with Crippen molar-refractivity contribution in [1.82, 2.24) is 26.6 Å². The van der Waals surface area contributed by atoms with Crippen molar-refractivity contribution in [3.05, 3.63) is 23.8 Å². The van der Waals surface area contributed by atoms with Crippen molar-refractivity contribution >= 4 is 40.5 Å². The summed E-state index contributed by atoms with van der Waals surface area (Å²) in [6.45, 7) is 27.3. The number of nitrogens with one attached hydrogen (secondary N) is 6. The van der Waals surface area contributed by atoms with Gasteiger partial charge in [-0.1, -0.05) is 79.8 Å². The van der Waals surface area contributed by atoms with Gasteiger partial charge in [-0.05, 0) is 70.1 Å². The van der Waals surface area contributed by atoms with E-state index in [2.05, 4.69) is 33.2 Å². The van der Waals surface area contributed by atoms with Crippen molar-refractivity contribution in [3.63, 3.8) is 0 Å². The summed E-state index contributed by atoms with van der Waals surface area (Å²) in [5, 5.41) is 36.9. The Balaban J connectivity index is 5.87. The van der Waals surface area contributed by atoms with E-state index in [1.165, 1.54) is 11.8 Å². The average molecular weight is 739 g/mol. The lowest BCUT2D eigenvalue weighted by Gasteiger charge is -2.31. The number of ketones is 1. The van der Waals surface area contributed by atoms with Gasteiger partial charge in [-0.3, -0.25) is 25.1 Å². The minimum atomic E-state index is -1.04. The van der Waals surface area contributed by atoms with E-state index in [1.807, 2.05) is 66.9 Å². The number of alkyl carbamates (subject to hydrolysis) is 1. The lowest BCUT2D eigenvalue weighted by atomic mass is 9.90. The summed E-state index contributed by atoms with van der Waals surface area (Å²) in [5.41, 5.74) is -0.178. The minimum absolute atomic E-state index is 0.0270. The molecule has 294 valence electrons. The topological polar surface area (TPSA) is 182 Å². The second-order valence-corrected chi connectivity index (χ2v) is 16.6. The number of allylic oxidation sites excluding steroid dienone is 2. The Morgan fingerprint density at radius 3 is 2.06 bits per heavy atom. The molecule has 0 aliphatic heterocycles. The normalized spacial score (nSPS) is 15.5. The van der Waals surface area contributed by atoms with E-state index in [0.29, 0.717) is 42.5 Å². The van der Waals surface area contributed by atoms with Crippen molar-refractivity contribution in [2.75, 3.05) is 19.6 Å². The molecule has 0 rings (SSSR count). The van der Waals surface area contributed by atoms with Crippen LogP contribution >= 0.6 is 11.8 Å². The highest BCUT2D eigenvalue weighted by Gasteiger charge is 2.31. The van der Waals surface area contributed by atoms with Gasteiger partial charge in [0.25, 0.3) is 0 Å². The number of aliphatic hydroxyl groups excluding tert-OH is 1.